The zero-order valence-corrected chi connectivity index (χ0v) is 16.6. The normalized spacial score (nSPS) is 13.1. The van der Waals surface area contributed by atoms with Crippen LogP contribution in [0.5, 0.6) is 0 Å². The van der Waals surface area contributed by atoms with E-state index >= 15 is 0 Å². The summed E-state index contributed by atoms with van der Waals surface area (Å²) in [6, 6.07) is 16.4. The average molecular weight is 418 g/mol. The third-order valence-electron chi connectivity index (χ3n) is 4.41. The van der Waals surface area contributed by atoms with E-state index in [0.29, 0.717) is 6.42 Å². The molecule has 0 fully saturated rings. The number of nitrogens with zero attached hydrogens (tertiary/aromatic N) is 1. The molecule has 0 aliphatic carbocycles. The highest BCUT2D eigenvalue weighted by Crippen LogP contribution is 2.30. The quantitative estimate of drug-likeness (QED) is 0.561. The second-order valence-electron chi connectivity index (χ2n) is 6.40. The Kier molecular flexibility index (Phi) is 5.25. The number of halogens is 1. The van der Waals surface area contributed by atoms with E-state index < -0.39 is 15.1 Å². The summed E-state index contributed by atoms with van der Waals surface area (Å²) >= 11 is 3.50. The number of benzene rings is 2. The van der Waals surface area contributed by atoms with E-state index in [1.165, 1.54) is 11.8 Å². The minimum Gasteiger partial charge on any atom is -0.256 e. The lowest BCUT2D eigenvalue weighted by atomic mass is 9.96. The van der Waals surface area contributed by atoms with Crippen LogP contribution >= 0.6 is 15.9 Å². The van der Waals surface area contributed by atoms with Gasteiger partial charge in [0.25, 0.3) is 0 Å². The number of rotatable bonds is 5. The van der Waals surface area contributed by atoms with Crippen molar-refractivity contribution in [1.29, 1.82) is 0 Å². The lowest BCUT2D eigenvalue weighted by Gasteiger charge is -2.13. The van der Waals surface area contributed by atoms with Crippen LogP contribution < -0.4 is 0 Å². The fourth-order valence-electron chi connectivity index (χ4n) is 2.90. The smallest absolute Gasteiger partial charge is 0.150 e. The highest BCUT2D eigenvalue weighted by molar-refractivity contribution is 9.08. The molecule has 3 nitrogen and oxygen atoms in total. The van der Waals surface area contributed by atoms with E-state index in [1.807, 2.05) is 24.3 Å². The molecule has 1 unspecified atom stereocenters. The molecule has 1 heterocycles. The molecule has 130 valence electrons. The van der Waals surface area contributed by atoms with Gasteiger partial charge in [0.05, 0.1) is 10.8 Å². The summed E-state index contributed by atoms with van der Waals surface area (Å²) < 4.78 is 23.6. The summed E-state index contributed by atoms with van der Waals surface area (Å²) in [7, 11) is -3.06. The number of alkyl halides is 1. The first-order chi connectivity index (χ1) is 11.9. The van der Waals surface area contributed by atoms with Gasteiger partial charge in [-0.1, -0.05) is 46.3 Å². The van der Waals surface area contributed by atoms with E-state index in [9.17, 15) is 8.42 Å². The number of aromatic nitrogens is 1. The van der Waals surface area contributed by atoms with Crippen LogP contribution in [0.2, 0.25) is 0 Å². The molecule has 3 rings (SSSR count). The molecule has 0 N–H and O–H groups in total. The van der Waals surface area contributed by atoms with Crippen molar-refractivity contribution in [2.45, 2.75) is 23.9 Å². The van der Waals surface area contributed by atoms with Gasteiger partial charge < -0.3 is 0 Å². The SMILES string of the molecule is CC(Cc1cc(-c2cccc(CBr)c2)c2ncccc2c1)S(C)(=O)=O. The standard InChI is InChI=1S/C20H20BrNO2S/c1-14(25(2,23)24)9-16-11-18-7-4-8-22-20(18)19(12-16)17-6-3-5-15(10-17)13-21/h3-8,10-12,14H,9,13H2,1-2H3. The Morgan fingerprint density at radius 2 is 1.88 bits per heavy atom. The van der Waals surface area contributed by atoms with Crippen LogP contribution in [0.4, 0.5) is 0 Å². The lowest BCUT2D eigenvalue weighted by Crippen LogP contribution is -2.18. The zero-order chi connectivity index (χ0) is 18.0. The number of hydrogen-bond donors (Lipinski definition) is 0. The van der Waals surface area contributed by atoms with Gasteiger partial charge in [0, 0.05) is 28.7 Å². The highest BCUT2D eigenvalue weighted by Gasteiger charge is 2.17. The third kappa shape index (κ3) is 4.10. The Morgan fingerprint density at radius 3 is 2.60 bits per heavy atom. The molecular formula is C20H20BrNO2S. The third-order valence-corrected chi connectivity index (χ3v) is 6.69. The summed E-state index contributed by atoms with van der Waals surface area (Å²) in [6.07, 6.45) is 3.58. The molecule has 0 saturated heterocycles. The van der Waals surface area contributed by atoms with Crippen molar-refractivity contribution in [2.24, 2.45) is 0 Å². The molecule has 0 amide bonds. The van der Waals surface area contributed by atoms with Crippen LogP contribution in [0, 0.1) is 0 Å². The van der Waals surface area contributed by atoms with Crippen LogP contribution in [0.1, 0.15) is 18.1 Å². The number of fused-ring (bicyclic) bond motifs is 1. The fourth-order valence-corrected chi connectivity index (χ4v) is 3.74. The van der Waals surface area contributed by atoms with E-state index in [-0.39, 0.29) is 0 Å². The molecule has 25 heavy (non-hydrogen) atoms. The number of hydrogen-bond acceptors (Lipinski definition) is 3. The van der Waals surface area contributed by atoms with Gasteiger partial charge in [-0.15, -0.1) is 0 Å². The van der Waals surface area contributed by atoms with Crippen LogP contribution in [0.3, 0.4) is 0 Å². The monoisotopic (exact) mass is 417 g/mol. The molecule has 0 bridgehead atoms. The van der Waals surface area contributed by atoms with Gasteiger partial charge >= 0.3 is 0 Å². The molecule has 1 aromatic heterocycles. The molecule has 0 aliphatic rings. The summed E-state index contributed by atoms with van der Waals surface area (Å²) in [5.41, 5.74) is 5.27. The molecule has 0 radical (unpaired) electrons. The summed E-state index contributed by atoms with van der Waals surface area (Å²) in [6.45, 7) is 1.76. The predicted molar refractivity (Wildman–Crippen MR) is 108 cm³/mol. The Labute approximate surface area is 157 Å². The van der Waals surface area contributed by atoms with Crippen molar-refractivity contribution in [1.82, 2.24) is 4.98 Å². The number of sulfone groups is 1. The second kappa shape index (κ2) is 7.26. The van der Waals surface area contributed by atoms with Crippen molar-refractivity contribution in [3.8, 4) is 11.1 Å². The second-order valence-corrected chi connectivity index (χ2v) is 9.42. The van der Waals surface area contributed by atoms with E-state index in [2.05, 4.69) is 45.2 Å². The molecule has 3 aromatic rings. The minimum absolute atomic E-state index is 0.414. The van der Waals surface area contributed by atoms with Gasteiger partial charge in [-0.3, -0.25) is 4.98 Å². The molecule has 0 aliphatic heterocycles. The van der Waals surface area contributed by atoms with Gasteiger partial charge in [-0.2, -0.15) is 0 Å². The van der Waals surface area contributed by atoms with Crippen molar-refractivity contribution in [3.63, 3.8) is 0 Å². The van der Waals surface area contributed by atoms with Gasteiger partial charge in [0.1, 0.15) is 9.84 Å². The van der Waals surface area contributed by atoms with E-state index in [0.717, 1.165) is 32.9 Å². The Hall–Kier alpha value is -1.72. The summed E-state index contributed by atoms with van der Waals surface area (Å²) in [4.78, 5) is 4.55. The van der Waals surface area contributed by atoms with Gasteiger partial charge in [0.15, 0.2) is 0 Å². The first-order valence-electron chi connectivity index (χ1n) is 8.10. The van der Waals surface area contributed by atoms with E-state index in [1.54, 1.807) is 13.1 Å². The first-order valence-corrected chi connectivity index (χ1v) is 11.2. The van der Waals surface area contributed by atoms with Crippen molar-refractivity contribution >= 4 is 36.7 Å². The maximum Gasteiger partial charge on any atom is 0.150 e. The van der Waals surface area contributed by atoms with Crippen molar-refractivity contribution in [2.75, 3.05) is 6.26 Å². The molecule has 0 spiro atoms. The molecule has 1 atom stereocenters. The van der Waals surface area contributed by atoms with Crippen LogP contribution in [-0.2, 0) is 21.6 Å². The first kappa shape index (κ1) is 18.1. The zero-order valence-electron chi connectivity index (χ0n) is 14.2. The Bertz CT molecular complexity index is 1020. The van der Waals surface area contributed by atoms with E-state index in [4.69, 9.17) is 0 Å². The Balaban J connectivity index is 2.16. The topological polar surface area (TPSA) is 47.0 Å². The molecule has 2 aromatic carbocycles. The molecule has 5 heteroatoms. The largest absolute Gasteiger partial charge is 0.256 e. The van der Waals surface area contributed by atoms with Gasteiger partial charge in [-0.05, 0) is 48.2 Å². The van der Waals surface area contributed by atoms with Gasteiger partial charge in [0.2, 0.25) is 0 Å². The summed E-state index contributed by atoms with van der Waals surface area (Å²) in [5, 5.41) is 1.40. The number of pyridine rings is 1. The molecular weight excluding hydrogens is 398 g/mol. The molecule has 0 saturated carbocycles. The van der Waals surface area contributed by atoms with Crippen LogP contribution in [-0.4, -0.2) is 24.9 Å². The fraction of sp³-hybridized carbons (Fsp3) is 0.250. The van der Waals surface area contributed by atoms with Crippen LogP contribution in [0.15, 0.2) is 54.7 Å². The van der Waals surface area contributed by atoms with Crippen LogP contribution in [0.25, 0.3) is 22.0 Å². The average Bonchev–Trinajstić information content (AvgIpc) is 2.60. The summed E-state index contributed by atoms with van der Waals surface area (Å²) in [5.74, 6) is 0. The minimum atomic E-state index is -3.06. The highest BCUT2D eigenvalue weighted by atomic mass is 79.9. The lowest BCUT2D eigenvalue weighted by molar-refractivity contribution is 0.588. The maximum absolute atomic E-state index is 11.8. The van der Waals surface area contributed by atoms with Crippen molar-refractivity contribution in [3.05, 3.63) is 65.9 Å². The van der Waals surface area contributed by atoms with Gasteiger partial charge in [-0.25, -0.2) is 8.42 Å². The maximum atomic E-state index is 11.8. The predicted octanol–water partition coefficient (Wildman–Crippen LogP) is 4.77. The Morgan fingerprint density at radius 1 is 1.08 bits per heavy atom. The van der Waals surface area contributed by atoms with Crippen molar-refractivity contribution < 1.29 is 8.42 Å².